The minimum Gasteiger partial charge on any atom is -0.389 e. The van der Waals surface area contributed by atoms with Gasteiger partial charge >= 0.3 is 0 Å². The molecule has 0 amide bonds. The molecule has 0 aliphatic rings. The smallest absolute Gasteiger partial charge is 0.0945 e. The molecule has 0 spiro atoms. The van der Waals surface area contributed by atoms with Gasteiger partial charge in [0.2, 0.25) is 0 Å². The Kier molecular flexibility index (Phi) is 6.66. The number of anilines is 3. The Labute approximate surface area is 137 Å². The molecule has 0 aliphatic carbocycles. The van der Waals surface area contributed by atoms with Gasteiger partial charge in [-0.3, -0.25) is 0 Å². The Morgan fingerprint density at radius 2 is 1.74 bits per heavy atom. The van der Waals surface area contributed by atoms with E-state index in [1.807, 2.05) is 61.5 Å². The van der Waals surface area contributed by atoms with Gasteiger partial charge in [-0.2, -0.15) is 0 Å². The second-order valence-electron chi connectivity index (χ2n) is 5.54. The number of benzene rings is 2. The maximum Gasteiger partial charge on any atom is 0.0945 e. The van der Waals surface area contributed by atoms with E-state index < -0.39 is 6.10 Å². The second kappa shape index (κ2) is 8.98. The van der Waals surface area contributed by atoms with E-state index in [0.29, 0.717) is 13.2 Å². The van der Waals surface area contributed by atoms with Crippen LogP contribution in [0.4, 0.5) is 17.1 Å². The summed E-state index contributed by atoms with van der Waals surface area (Å²) in [5, 5.41) is 16.6. The van der Waals surface area contributed by atoms with Crippen molar-refractivity contribution in [1.29, 1.82) is 0 Å². The highest BCUT2D eigenvalue weighted by Crippen LogP contribution is 2.24. The molecule has 2 rings (SSSR count). The topological polar surface area (TPSA) is 53.5 Å². The maximum atomic E-state index is 9.97. The average Bonchev–Trinajstić information content (AvgIpc) is 2.55. The van der Waals surface area contributed by atoms with E-state index in [9.17, 15) is 5.11 Å². The van der Waals surface area contributed by atoms with E-state index in [0.717, 1.165) is 22.6 Å². The molecule has 4 nitrogen and oxygen atoms in total. The van der Waals surface area contributed by atoms with E-state index in [1.165, 1.54) is 0 Å². The van der Waals surface area contributed by atoms with E-state index in [2.05, 4.69) is 17.2 Å². The van der Waals surface area contributed by atoms with E-state index in [-0.39, 0.29) is 6.61 Å². The van der Waals surface area contributed by atoms with Crippen LogP contribution in [0.1, 0.15) is 6.92 Å². The van der Waals surface area contributed by atoms with Crippen LogP contribution in [0, 0.1) is 0 Å². The zero-order chi connectivity index (χ0) is 16.5. The third-order valence-electron chi connectivity index (χ3n) is 3.17. The highest BCUT2D eigenvalue weighted by molar-refractivity contribution is 5.74. The van der Waals surface area contributed by atoms with Gasteiger partial charge in [-0.1, -0.05) is 42.5 Å². The van der Waals surface area contributed by atoms with Crippen LogP contribution in [0.2, 0.25) is 0 Å². The highest BCUT2D eigenvalue weighted by atomic mass is 16.5. The molecule has 0 saturated carbocycles. The van der Waals surface area contributed by atoms with Crippen LogP contribution in [0.5, 0.6) is 0 Å². The molecule has 0 aliphatic heterocycles. The van der Waals surface area contributed by atoms with E-state index in [1.54, 1.807) is 0 Å². The van der Waals surface area contributed by atoms with Crippen molar-refractivity contribution in [3.63, 3.8) is 0 Å². The maximum absolute atomic E-state index is 9.97. The van der Waals surface area contributed by atoms with Crippen molar-refractivity contribution in [2.45, 2.75) is 13.0 Å². The summed E-state index contributed by atoms with van der Waals surface area (Å²) < 4.78 is 5.37. The van der Waals surface area contributed by atoms with Gasteiger partial charge in [-0.05, 0) is 31.2 Å². The monoisotopic (exact) mass is 312 g/mol. The van der Waals surface area contributed by atoms with E-state index >= 15 is 0 Å². The zero-order valence-electron chi connectivity index (χ0n) is 13.5. The van der Waals surface area contributed by atoms with Crippen molar-refractivity contribution in [2.75, 3.05) is 30.4 Å². The number of ether oxygens (including phenoxy) is 1. The predicted octanol–water partition coefficient (Wildman–Crippen LogP) is 3.80. The van der Waals surface area contributed by atoms with Gasteiger partial charge in [0.25, 0.3) is 0 Å². The second-order valence-corrected chi connectivity index (χ2v) is 5.54. The molecular weight excluding hydrogens is 288 g/mol. The molecule has 1 unspecified atom stereocenters. The Morgan fingerprint density at radius 3 is 2.43 bits per heavy atom. The fourth-order valence-electron chi connectivity index (χ4n) is 2.08. The summed E-state index contributed by atoms with van der Waals surface area (Å²) in [5.74, 6) is 0. The van der Waals surface area contributed by atoms with Gasteiger partial charge in [0.1, 0.15) is 0 Å². The lowest BCUT2D eigenvalue weighted by atomic mass is 10.2. The van der Waals surface area contributed by atoms with E-state index in [4.69, 9.17) is 4.74 Å². The average molecular weight is 312 g/mol. The molecule has 3 N–H and O–H groups in total. The van der Waals surface area contributed by atoms with Crippen LogP contribution < -0.4 is 10.6 Å². The van der Waals surface area contributed by atoms with Crippen LogP contribution >= 0.6 is 0 Å². The molecule has 4 heteroatoms. The number of hydrogen-bond acceptors (Lipinski definition) is 4. The first-order chi connectivity index (χ1) is 11.1. The molecule has 2 aromatic rings. The summed E-state index contributed by atoms with van der Waals surface area (Å²) in [6.07, 6.45) is -0.570. The number of para-hydroxylation sites is 3. The van der Waals surface area contributed by atoms with Gasteiger partial charge < -0.3 is 20.5 Å². The Hall–Kier alpha value is -2.30. The molecule has 1 atom stereocenters. The normalized spacial score (nSPS) is 11.7. The molecule has 23 heavy (non-hydrogen) atoms. The number of nitrogens with one attached hydrogen (secondary N) is 2. The third kappa shape index (κ3) is 6.14. The first-order valence-corrected chi connectivity index (χ1v) is 7.70. The van der Waals surface area contributed by atoms with Crippen molar-refractivity contribution in [3.05, 3.63) is 66.7 Å². The summed E-state index contributed by atoms with van der Waals surface area (Å²) in [5.41, 5.74) is 3.87. The number of aliphatic hydroxyl groups is 1. The fraction of sp³-hybridized carbons (Fsp3) is 0.263. The SMILES string of the molecule is C=C(C)COCC(O)CNc1ccccc1Nc1ccccc1. The summed E-state index contributed by atoms with van der Waals surface area (Å²) in [6, 6.07) is 17.9. The molecule has 0 fully saturated rings. The molecule has 0 radical (unpaired) electrons. The van der Waals surface area contributed by atoms with Crippen molar-refractivity contribution >= 4 is 17.1 Å². The molecular formula is C19H24N2O2. The van der Waals surface area contributed by atoms with Crippen LogP contribution in [0.15, 0.2) is 66.7 Å². The van der Waals surface area contributed by atoms with Crippen LogP contribution in [0.25, 0.3) is 0 Å². The number of aliphatic hydroxyl groups excluding tert-OH is 1. The Bertz CT molecular complexity index is 614. The van der Waals surface area contributed by atoms with Crippen molar-refractivity contribution in [3.8, 4) is 0 Å². The summed E-state index contributed by atoms with van der Waals surface area (Å²) >= 11 is 0. The highest BCUT2D eigenvalue weighted by Gasteiger charge is 2.07. The number of rotatable bonds is 9. The van der Waals surface area contributed by atoms with Gasteiger partial charge in [0.05, 0.1) is 30.7 Å². The molecule has 0 saturated heterocycles. The van der Waals surface area contributed by atoms with Crippen molar-refractivity contribution in [1.82, 2.24) is 0 Å². The van der Waals surface area contributed by atoms with Crippen molar-refractivity contribution < 1.29 is 9.84 Å². The molecule has 0 heterocycles. The summed E-state index contributed by atoms with van der Waals surface area (Å²) in [7, 11) is 0. The number of hydrogen-bond donors (Lipinski definition) is 3. The fourth-order valence-corrected chi connectivity index (χ4v) is 2.08. The van der Waals surface area contributed by atoms with Crippen molar-refractivity contribution in [2.24, 2.45) is 0 Å². The first-order valence-electron chi connectivity index (χ1n) is 7.70. The minimum absolute atomic E-state index is 0.286. The minimum atomic E-state index is -0.570. The standard InChI is InChI=1S/C19H24N2O2/c1-15(2)13-23-14-17(22)12-20-18-10-6-7-11-19(18)21-16-8-4-3-5-9-16/h3-11,17,20-22H,1,12-14H2,2H3. The van der Waals surface area contributed by atoms with Gasteiger partial charge in [-0.15, -0.1) is 0 Å². The zero-order valence-corrected chi connectivity index (χ0v) is 13.5. The first kappa shape index (κ1) is 17.1. The predicted molar refractivity (Wildman–Crippen MR) is 96.3 cm³/mol. The Balaban J connectivity index is 1.89. The van der Waals surface area contributed by atoms with Crippen LogP contribution in [-0.2, 0) is 4.74 Å². The molecule has 122 valence electrons. The lowest BCUT2D eigenvalue weighted by Gasteiger charge is -2.16. The van der Waals surface area contributed by atoms with Gasteiger partial charge in [-0.25, -0.2) is 0 Å². The quantitative estimate of drug-likeness (QED) is 0.617. The van der Waals surface area contributed by atoms with Gasteiger partial charge in [0.15, 0.2) is 0 Å². The summed E-state index contributed by atoms with van der Waals surface area (Å²) in [4.78, 5) is 0. The molecule has 0 aromatic heterocycles. The lowest BCUT2D eigenvalue weighted by Crippen LogP contribution is -2.25. The third-order valence-corrected chi connectivity index (χ3v) is 3.17. The summed E-state index contributed by atoms with van der Waals surface area (Å²) in [6.45, 7) is 6.85. The largest absolute Gasteiger partial charge is 0.389 e. The van der Waals surface area contributed by atoms with Gasteiger partial charge in [0, 0.05) is 12.2 Å². The van der Waals surface area contributed by atoms with Crippen LogP contribution in [-0.4, -0.2) is 31.0 Å². The Morgan fingerprint density at radius 1 is 1.09 bits per heavy atom. The van der Waals surface area contributed by atoms with Crippen LogP contribution in [0.3, 0.4) is 0 Å². The lowest BCUT2D eigenvalue weighted by molar-refractivity contribution is 0.0539. The molecule has 0 bridgehead atoms. The molecule has 2 aromatic carbocycles.